The van der Waals surface area contributed by atoms with Crippen molar-refractivity contribution in [3.63, 3.8) is 0 Å². The molecule has 5 heteroatoms. The van der Waals surface area contributed by atoms with Crippen LogP contribution in [0.5, 0.6) is 0 Å². The Morgan fingerprint density at radius 1 is 1.48 bits per heavy atom. The quantitative estimate of drug-likeness (QED) is 0.821. The van der Waals surface area contributed by atoms with E-state index in [1.807, 2.05) is 6.07 Å². The minimum atomic E-state index is -0.898. The molecule has 0 radical (unpaired) electrons. The van der Waals surface area contributed by atoms with Gasteiger partial charge in [-0.1, -0.05) is 6.92 Å². The second-order valence-corrected chi connectivity index (χ2v) is 6.76. The van der Waals surface area contributed by atoms with Gasteiger partial charge in [-0.05, 0) is 57.7 Å². The molecule has 1 aliphatic rings. The number of carboxylic acids is 1. The molecule has 1 fully saturated rings. The topological polar surface area (TPSA) is 43.8 Å². The molecule has 0 spiro atoms. The van der Waals surface area contributed by atoms with Gasteiger partial charge < -0.3 is 10.0 Å². The van der Waals surface area contributed by atoms with E-state index < -0.39 is 5.97 Å². The number of likely N-dealkylation sites (tertiary alicyclic amines) is 1. The second-order valence-electron chi connectivity index (χ2n) is 5.56. The van der Waals surface area contributed by atoms with Crippen LogP contribution in [0.3, 0.4) is 0 Å². The van der Waals surface area contributed by atoms with Gasteiger partial charge in [-0.15, -0.1) is 11.3 Å². The van der Waals surface area contributed by atoms with Gasteiger partial charge in [0, 0.05) is 28.4 Å². The number of aliphatic carboxylic acids is 1. The van der Waals surface area contributed by atoms with Gasteiger partial charge in [0.15, 0.2) is 0 Å². The van der Waals surface area contributed by atoms with Gasteiger partial charge in [0.05, 0.1) is 0 Å². The molecule has 0 unspecified atom stereocenters. The third-order valence-electron chi connectivity index (χ3n) is 4.11. The molecule has 116 valence electrons. The van der Waals surface area contributed by atoms with E-state index in [0.717, 1.165) is 18.0 Å². The maximum atomic E-state index is 10.5. The molecule has 21 heavy (non-hydrogen) atoms. The van der Waals surface area contributed by atoms with Crippen LogP contribution in [0.1, 0.15) is 29.5 Å². The summed E-state index contributed by atoms with van der Waals surface area (Å²) in [5.41, 5.74) is 0. The van der Waals surface area contributed by atoms with Crippen molar-refractivity contribution in [1.82, 2.24) is 9.80 Å². The van der Waals surface area contributed by atoms with Crippen molar-refractivity contribution in [3.05, 3.63) is 28.0 Å². The van der Waals surface area contributed by atoms with Crippen LogP contribution in [0.4, 0.5) is 0 Å². The van der Waals surface area contributed by atoms with Gasteiger partial charge in [-0.3, -0.25) is 4.90 Å². The first-order valence-electron chi connectivity index (χ1n) is 7.50. The minimum Gasteiger partial charge on any atom is -0.478 e. The van der Waals surface area contributed by atoms with Gasteiger partial charge in [0.2, 0.25) is 0 Å². The summed E-state index contributed by atoms with van der Waals surface area (Å²) in [4.78, 5) is 17.8. The largest absolute Gasteiger partial charge is 0.478 e. The zero-order chi connectivity index (χ0) is 15.2. The second kappa shape index (κ2) is 7.73. The van der Waals surface area contributed by atoms with Crippen molar-refractivity contribution in [2.45, 2.75) is 32.4 Å². The van der Waals surface area contributed by atoms with Crippen LogP contribution in [0.2, 0.25) is 0 Å². The van der Waals surface area contributed by atoms with Gasteiger partial charge in [0.1, 0.15) is 0 Å². The van der Waals surface area contributed by atoms with Crippen molar-refractivity contribution in [1.29, 1.82) is 0 Å². The predicted molar refractivity (Wildman–Crippen MR) is 87.6 cm³/mol. The lowest BCUT2D eigenvalue weighted by Gasteiger charge is -2.36. The normalized spacial score (nSPS) is 17.9. The van der Waals surface area contributed by atoms with Crippen LogP contribution in [-0.4, -0.2) is 53.6 Å². The Labute approximate surface area is 130 Å². The summed E-state index contributed by atoms with van der Waals surface area (Å²) in [5.74, 6) is -0.898. The molecule has 2 heterocycles. The van der Waals surface area contributed by atoms with Crippen molar-refractivity contribution in [2.24, 2.45) is 0 Å². The third kappa shape index (κ3) is 4.95. The third-order valence-corrected chi connectivity index (χ3v) is 5.14. The average molecular weight is 308 g/mol. The fraction of sp³-hybridized carbons (Fsp3) is 0.562. The number of rotatable bonds is 6. The lowest BCUT2D eigenvalue weighted by atomic mass is 10.0. The van der Waals surface area contributed by atoms with Gasteiger partial charge in [0.25, 0.3) is 0 Å². The number of thiophene rings is 1. The first-order valence-corrected chi connectivity index (χ1v) is 8.32. The Morgan fingerprint density at radius 2 is 2.19 bits per heavy atom. The Hall–Kier alpha value is -1.17. The zero-order valence-corrected chi connectivity index (χ0v) is 13.6. The van der Waals surface area contributed by atoms with Gasteiger partial charge in [-0.25, -0.2) is 4.79 Å². The van der Waals surface area contributed by atoms with Gasteiger partial charge >= 0.3 is 5.97 Å². The van der Waals surface area contributed by atoms with Crippen molar-refractivity contribution < 1.29 is 9.90 Å². The molecule has 0 amide bonds. The summed E-state index contributed by atoms with van der Waals surface area (Å²) in [7, 11) is 2.19. The molecule has 0 saturated carbocycles. The van der Waals surface area contributed by atoms with E-state index in [9.17, 15) is 4.79 Å². The molecule has 0 bridgehead atoms. The van der Waals surface area contributed by atoms with Crippen molar-refractivity contribution in [2.75, 3.05) is 26.7 Å². The zero-order valence-electron chi connectivity index (χ0n) is 12.8. The molecule has 1 aliphatic heterocycles. The maximum Gasteiger partial charge on any atom is 0.328 e. The van der Waals surface area contributed by atoms with E-state index in [1.54, 1.807) is 17.4 Å². The summed E-state index contributed by atoms with van der Waals surface area (Å²) in [6.07, 6.45) is 5.33. The minimum absolute atomic E-state index is 0.660. The number of nitrogens with zero attached hydrogens (tertiary/aromatic N) is 2. The summed E-state index contributed by atoms with van der Waals surface area (Å²) < 4.78 is 0. The number of carbonyl (C=O) groups is 1. The summed E-state index contributed by atoms with van der Waals surface area (Å²) in [5, 5.41) is 8.64. The highest BCUT2D eigenvalue weighted by atomic mass is 32.1. The van der Waals surface area contributed by atoms with Crippen LogP contribution < -0.4 is 0 Å². The number of hydrogen-bond acceptors (Lipinski definition) is 4. The lowest BCUT2D eigenvalue weighted by Crippen LogP contribution is -2.42. The molecule has 1 aromatic rings. The summed E-state index contributed by atoms with van der Waals surface area (Å²) >= 11 is 1.67. The van der Waals surface area contributed by atoms with Crippen LogP contribution in [0, 0.1) is 0 Å². The van der Waals surface area contributed by atoms with Crippen LogP contribution in [0.25, 0.3) is 6.08 Å². The molecular weight excluding hydrogens is 284 g/mol. The van der Waals surface area contributed by atoms with E-state index in [0.29, 0.717) is 6.04 Å². The number of piperidine rings is 1. The fourth-order valence-corrected chi connectivity index (χ4v) is 3.75. The standard InChI is InChI=1S/C16H24N2O2S/c1-3-18-10-8-13(9-11-18)17(2)12-15-5-4-14(21-15)6-7-16(19)20/h4-7,13H,3,8-12H2,1-2H3,(H,19,20). The SMILES string of the molecule is CCN1CCC(N(C)Cc2ccc(C=CC(=O)O)s2)CC1. The first kappa shape index (κ1) is 16.2. The Kier molecular flexibility index (Phi) is 5.96. The maximum absolute atomic E-state index is 10.5. The molecule has 4 nitrogen and oxygen atoms in total. The van der Waals surface area contributed by atoms with E-state index in [1.165, 1.54) is 36.9 Å². The van der Waals surface area contributed by atoms with E-state index in [2.05, 4.69) is 29.8 Å². The number of carboxylic acid groups (broad SMARTS) is 1. The van der Waals surface area contributed by atoms with E-state index in [4.69, 9.17) is 5.11 Å². The van der Waals surface area contributed by atoms with Crippen LogP contribution >= 0.6 is 11.3 Å². The molecule has 1 aromatic heterocycles. The summed E-state index contributed by atoms with van der Waals surface area (Å²) in [6.45, 7) is 6.72. The molecule has 0 atom stereocenters. The lowest BCUT2D eigenvalue weighted by molar-refractivity contribution is -0.131. The smallest absolute Gasteiger partial charge is 0.328 e. The molecule has 1 N–H and O–H groups in total. The van der Waals surface area contributed by atoms with Crippen molar-refractivity contribution >= 4 is 23.4 Å². The van der Waals surface area contributed by atoms with E-state index >= 15 is 0 Å². The Bertz CT molecular complexity index is 490. The molecule has 0 aromatic carbocycles. The van der Waals surface area contributed by atoms with Crippen LogP contribution in [-0.2, 0) is 11.3 Å². The monoisotopic (exact) mass is 308 g/mol. The van der Waals surface area contributed by atoms with Crippen molar-refractivity contribution in [3.8, 4) is 0 Å². The highest BCUT2D eigenvalue weighted by Gasteiger charge is 2.21. The first-order chi connectivity index (χ1) is 10.1. The van der Waals surface area contributed by atoms with Gasteiger partial charge in [-0.2, -0.15) is 0 Å². The van der Waals surface area contributed by atoms with Crippen LogP contribution in [0.15, 0.2) is 18.2 Å². The predicted octanol–water partition coefficient (Wildman–Crippen LogP) is 2.76. The summed E-state index contributed by atoms with van der Waals surface area (Å²) in [6, 6.07) is 4.75. The molecule has 2 rings (SSSR count). The average Bonchev–Trinajstić information content (AvgIpc) is 2.92. The Balaban J connectivity index is 1.85. The highest BCUT2D eigenvalue weighted by Crippen LogP contribution is 2.22. The molecule has 0 aliphatic carbocycles. The molecular formula is C16H24N2O2S. The number of hydrogen-bond donors (Lipinski definition) is 1. The van der Waals surface area contributed by atoms with E-state index in [-0.39, 0.29) is 0 Å². The fourth-order valence-electron chi connectivity index (χ4n) is 2.77. The molecule has 1 saturated heterocycles. The highest BCUT2D eigenvalue weighted by molar-refractivity contribution is 7.12. The Morgan fingerprint density at radius 3 is 2.81 bits per heavy atom.